The Morgan fingerprint density at radius 3 is 1.83 bits per heavy atom. The van der Waals surface area contributed by atoms with Gasteiger partial charge < -0.3 is 4.74 Å². The van der Waals surface area contributed by atoms with E-state index in [1.807, 2.05) is 6.92 Å². The highest BCUT2D eigenvalue weighted by molar-refractivity contribution is 5.72. The fraction of sp³-hybridized carbons (Fsp3) is 0.143. The van der Waals surface area contributed by atoms with Crippen LogP contribution in [0.25, 0.3) is 11.1 Å². The highest BCUT2D eigenvalue weighted by Crippen LogP contribution is 2.37. The Kier molecular flexibility index (Phi) is 5.91. The minimum atomic E-state index is -2.40. The Balaban J connectivity index is 2.02. The van der Waals surface area contributed by atoms with Crippen molar-refractivity contribution in [2.45, 2.75) is 20.0 Å². The average molecular weight is 429 g/mol. The Morgan fingerprint density at radius 2 is 1.30 bits per heavy atom. The molecule has 9 heteroatoms. The van der Waals surface area contributed by atoms with Gasteiger partial charge in [0, 0.05) is 6.07 Å². The zero-order valence-electron chi connectivity index (χ0n) is 15.3. The number of benzene rings is 3. The third-order valence-electron chi connectivity index (χ3n) is 4.46. The molecule has 0 spiro atoms. The molecule has 0 saturated heterocycles. The summed E-state index contributed by atoms with van der Waals surface area (Å²) in [6.45, 7) is 0.650. The standard InChI is InChI=1S/C21H12F7O2/c1-2-9-3-5-10(6-4-9)14-13(29)7-12(22)11(15(14)23)8-30-21-19(27)17(25)16(24)18(26)20(21)28/h3-7H,2,8H2,1H3. The van der Waals surface area contributed by atoms with E-state index in [1.54, 1.807) is 12.1 Å². The highest BCUT2D eigenvalue weighted by Gasteiger charge is 2.28. The van der Waals surface area contributed by atoms with Crippen molar-refractivity contribution >= 4 is 0 Å². The Hall–Kier alpha value is -3.23. The summed E-state index contributed by atoms with van der Waals surface area (Å²) in [5.41, 5.74) is -0.418. The molecular formula is C21H12F7O2. The van der Waals surface area contributed by atoms with Crippen LogP contribution < -0.4 is 4.74 Å². The maximum atomic E-state index is 14.9. The van der Waals surface area contributed by atoms with Gasteiger partial charge in [-0.3, -0.25) is 5.11 Å². The molecule has 0 atom stereocenters. The van der Waals surface area contributed by atoms with E-state index < -0.39 is 70.0 Å². The van der Waals surface area contributed by atoms with E-state index in [0.29, 0.717) is 12.5 Å². The molecule has 0 fully saturated rings. The molecular weight excluding hydrogens is 417 g/mol. The van der Waals surface area contributed by atoms with Crippen LogP contribution in [-0.4, -0.2) is 0 Å². The lowest BCUT2D eigenvalue weighted by Gasteiger charge is -2.14. The lowest BCUT2D eigenvalue weighted by molar-refractivity contribution is 0.245. The topological polar surface area (TPSA) is 29.1 Å². The van der Waals surface area contributed by atoms with Crippen molar-refractivity contribution in [2.75, 3.05) is 0 Å². The molecule has 0 unspecified atom stereocenters. The van der Waals surface area contributed by atoms with Gasteiger partial charge >= 0.3 is 0 Å². The monoisotopic (exact) mass is 429 g/mol. The number of rotatable bonds is 5. The molecule has 3 aromatic carbocycles. The second kappa shape index (κ2) is 8.25. The van der Waals surface area contributed by atoms with Crippen molar-refractivity contribution in [3.05, 3.63) is 82.2 Å². The van der Waals surface area contributed by atoms with E-state index in [2.05, 4.69) is 4.74 Å². The molecule has 0 aliphatic carbocycles. The SMILES string of the molecule is CCc1ccc(-c2c([O])cc(F)c(COc3c(F)c(F)c(F)c(F)c3F)c2F)cc1. The van der Waals surface area contributed by atoms with Crippen LogP contribution in [0.5, 0.6) is 11.5 Å². The molecule has 0 aromatic heterocycles. The quantitative estimate of drug-likeness (QED) is 0.255. The average Bonchev–Trinajstić information content (AvgIpc) is 2.73. The minimum absolute atomic E-state index is 0.118. The van der Waals surface area contributed by atoms with E-state index in [0.717, 1.165) is 5.56 Å². The van der Waals surface area contributed by atoms with E-state index >= 15 is 0 Å². The summed E-state index contributed by atoms with van der Waals surface area (Å²) in [7, 11) is 0. The van der Waals surface area contributed by atoms with Gasteiger partial charge in [0.1, 0.15) is 18.2 Å². The van der Waals surface area contributed by atoms with Crippen LogP contribution in [0.15, 0.2) is 30.3 Å². The number of hydrogen-bond donors (Lipinski definition) is 0. The van der Waals surface area contributed by atoms with Crippen LogP contribution in [0.2, 0.25) is 0 Å². The first kappa shape index (κ1) is 21.5. The summed E-state index contributed by atoms with van der Waals surface area (Å²) in [4.78, 5) is 0. The Labute approximate surface area is 166 Å². The molecule has 0 bridgehead atoms. The van der Waals surface area contributed by atoms with Crippen molar-refractivity contribution in [3.63, 3.8) is 0 Å². The van der Waals surface area contributed by atoms with Gasteiger partial charge in [0.2, 0.25) is 29.1 Å². The van der Waals surface area contributed by atoms with Crippen LogP contribution >= 0.6 is 0 Å². The van der Waals surface area contributed by atoms with E-state index in [4.69, 9.17) is 0 Å². The maximum absolute atomic E-state index is 14.9. The second-order valence-corrected chi connectivity index (χ2v) is 6.26. The lowest BCUT2D eigenvalue weighted by atomic mass is 9.99. The first-order chi connectivity index (χ1) is 14.2. The molecule has 0 aliphatic rings. The third kappa shape index (κ3) is 3.67. The van der Waals surface area contributed by atoms with Gasteiger partial charge in [0.25, 0.3) is 0 Å². The van der Waals surface area contributed by atoms with Gasteiger partial charge in [0.15, 0.2) is 11.5 Å². The van der Waals surface area contributed by atoms with Crippen LogP contribution in [0, 0.1) is 40.7 Å². The van der Waals surface area contributed by atoms with Crippen molar-refractivity contribution in [2.24, 2.45) is 0 Å². The molecule has 1 radical (unpaired) electrons. The molecule has 30 heavy (non-hydrogen) atoms. The molecule has 0 saturated carbocycles. The van der Waals surface area contributed by atoms with Crippen LogP contribution in [0.3, 0.4) is 0 Å². The van der Waals surface area contributed by atoms with Gasteiger partial charge in [-0.05, 0) is 17.5 Å². The fourth-order valence-electron chi connectivity index (χ4n) is 2.80. The molecule has 3 aromatic rings. The summed E-state index contributed by atoms with van der Waals surface area (Å²) in [6.07, 6.45) is 0.678. The minimum Gasteiger partial charge on any atom is -0.482 e. The van der Waals surface area contributed by atoms with Gasteiger partial charge in [-0.25, -0.2) is 22.0 Å². The van der Waals surface area contributed by atoms with Crippen LogP contribution in [0.4, 0.5) is 30.7 Å². The molecule has 157 valence electrons. The largest absolute Gasteiger partial charge is 0.482 e. The van der Waals surface area contributed by atoms with Crippen LogP contribution in [0.1, 0.15) is 18.1 Å². The molecule has 0 amide bonds. The van der Waals surface area contributed by atoms with Crippen molar-refractivity contribution < 1.29 is 40.6 Å². The molecule has 0 heterocycles. The number of halogens is 7. The smallest absolute Gasteiger partial charge is 0.207 e. The Bertz CT molecular complexity index is 1080. The maximum Gasteiger partial charge on any atom is 0.207 e. The molecule has 0 N–H and O–H groups in total. The van der Waals surface area contributed by atoms with Gasteiger partial charge in [-0.1, -0.05) is 31.2 Å². The summed E-state index contributed by atoms with van der Waals surface area (Å²) >= 11 is 0. The predicted molar refractivity (Wildman–Crippen MR) is 91.9 cm³/mol. The first-order valence-corrected chi connectivity index (χ1v) is 8.58. The van der Waals surface area contributed by atoms with E-state index in [-0.39, 0.29) is 5.56 Å². The lowest BCUT2D eigenvalue weighted by Crippen LogP contribution is -2.09. The molecule has 2 nitrogen and oxygen atoms in total. The first-order valence-electron chi connectivity index (χ1n) is 8.58. The molecule has 3 rings (SSSR count). The third-order valence-corrected chi connectivity index (χ3v) is 4.46. The van der Waals surface area contributed by atoms with Crippen LogP contribution in [-0.2, 0) is 18.1 Å². The highest BCUT2D eigenvalue weighted by atomic mass is 19.2. The van der Waals surface area contributed by atoms with E-state index in [9.17, 15) is 35.8 Å². The van der Waals surface area contributed by atoms with Crippen molar-refractivity contribution in [1.82, 2.24) is 0 Å². The number of aryl methyl sites for hydroxylation is 1. The zero-order valence-corrected chi connectivity index (χ0v) is 15.3. The molecule has 0 aliphatic heterocycles. The van der Waals surface area contributed by atoms with Crippen molar-refractivity contribution in [3.8, 4) is 22.6 Å². The normalized spacial score (nSPS) is 11.1. The van der Waals surface area contributed by atoms with Gasteiger partial charge in [0.05, 0.1) is 11.1 Å². The zero-order chi connectivity index (χ0) is 22.2. The van der Waals surface area contributed by atoms with Crippen molar-refractivity contribution in [1.29, 1.82) is 0 Å². The second-order valence-electron chi connectivity index (χ2n) is 6.26. The number of hydrogen-bond acceptors (Lipinski definition) is 1. The predicted octanol–water partition coefficient (Wildman–Crippen LogP) is 6.61. The van der Waals surface area contributed by atoms with Gasteiger partial charge in [-0.15, -0.1) is 0 Å². The summed E-state index contributed by atoms with van der Waals surface area (Å²) in [5, 5.41) is 12.1. The Morgan fingerprint density at radius 1 is 0.767 bits per heavy atom. The van der Waals surface area contributed by atoms with E-state index in [1.165, 1.54) is 12.1 Å². The van der Waals surface area contributed by atoms with Gasteiger partial charge in [-0.2, -0.15) is 8.78 Å². The summed E-state index contributed by atoms with van der Waals surface area (Å²) in [5.74, 6) is -17.0. The number of ether oxygens (including phenoxy) is 1. The fourth-order valence-corrected chi connectivity index (χ4v) is 2.80. The summed E-state index contributed by atoms with van der Waals surface area (Å²) < 4.78 is 101. The summed E-state index contributed by atoms with van der Waals surface area (Å²) in [6, 6.07) is 6.57.